The minimum atomic E-state index is -0.662. The van der Waals surface area contributed by atoms with E-state index < -0.39 is 5.97 Å². The van der Waals surface area contributed by atoms with Crippen molar-refractivity contribution >= 4 is 5.97 Å². The minimum Gasteiger partial charge on any atom is -0.481 e. The summed E-state index contributed by atoms with van der Waals surface area (Å²) in [5, 5.41) is 8.40. The van der Waals surface area contributed by atoms with E-state index in [0.717, 1.165) is 18.8 Å². The molecule has 12 heavy (non-hydrogen) atoms. The van der Waals surface area contributed by atoms with Crippen molar-refractivity contribution in [2.45, 2.75) is 46.0 Å². The molecule has 0 aliphatic heterocycles. The molecule has 1 aliphatic rings. The van der Waals surface area contributed by atoms with E-state index in [1.54, 1.807) is 0 Å². The van der Waals surface area contributed by atoms with Crippen molar-refractivity contribution in [2.75, 3.05) is 0 Å². The van der Waals surface area contributed by atoms with Crippen LogP contribution >= 0.6 is 0 Å². The zero-order chi connectivity index (χ0) is 9.19. The highest BCUT2D eigenvalue weighted by molar-refractivity contribution is 5.66. The molecule has 1 fully saturated rings. The third-order valence-electron chi connectivity index (χ3n) is 2.91. The number of aliphatic carboxylic acids is 1. The molecule has 0 bridgehead atoms. The van der Waals surface area contributed by atoms with Crippen molar-refractivity contribution in [3.63, 3.8) is 0 Å². The summed E-state index contributed by atoms with van der Waals surface area (Å²) in [4.78, 5) is 10.2. The van der Waals surface area contributed by atoms with Crippen LogP contribution in [0.4, 0.5) is 0 Å². The molecule has 0 radical (unpaired) electrons. The normalized spacial score (nSPS) is 25.3. The van der Waals surface area contributed by atoms with Crippen LogP contribution in [0.1, 0.15) is 46.0 Å². The first-order chi connectivity index (χ1) is 5.52. The van der Waals surface area contributed by atoms with Crippen LogP contribution in [0.2, 0.25) is 0 Å². The molecule has 70 valence electrons. The first-order valence-electron chi connectivity index (χ1n) is 4.74. The van der Waals surface area contributed by atoms with Crippen molar-refractivity contribution in [3.8, 4) is 0 Å². The maximum Gasteiger partial charge on any atom is 0.303 e. The van der Waals surface area contributed by atoms with Crippen LogP contribution in [0, 0.1) is 11.3 Å². The molecule has 1 atom stereocenters. The number of carboxylic acid groups (broad SMARTS) is 1. The van der Waals surface area contributed by atoms with Crippen LogP contribution < -0.4 is 0 Å². The van der Waals surface area contributed by atoms with E-state index in [0.29, 0.717) is 11.8 Å². The molecular formula is C10H18O2. The number of rotatable bonds is 5. The lowest BCUT2D eigenvalue weighted by molar-refractivity contribution is -0.137. The van der Waals surface area contributed by atoms with Gasteiger partial charge in [-0.2, -0.15) is 0 Å². The Balaban J connectivity index is 1.94. The summed E-state index contributed by atoms with van der Waals surface area (Å²) < 4.78 is 0. The zero-order valence-corrected chi connectivity index (χ0v) is 7.97. The highest BCUT2D eigenvalue weighted by Crippen LogP contribution is 2.54. The fourth-order valence-corrected chi connectivity index (χ4v) is 1.74. The monoisotopic (exact) mass is 170 g/mol. The second-order valence-electron chi connectivity index (χ2n) is 4.53. The summed E-state index contributed by atoms with van der Waals surface area (Å²) in [7, 11) is 0. The van der Waals surface area contributed by atoms with Crippen molar-refractivity contribution in [3.05, 3.63) is 0 Å². The molecule has 0 heterocycles. The van der Waals surface area contributed by atoms with Crippen LogP contribution in [0.15, 0.2) is 0 Å². The molecule has 2 heteroatoms. The summed E-state index contributed by atoms with van der Waals surface area (Å²) in [6.07, 6.45) is 4.83. The predicted octanol–water partition coefficient (Wildman–Crippen LogP) is 2.68. The number of carbonyl (C=O) groups is 1. The van der Waals surface area contributed by atoms with Gasteiger partial charge in [0.05, 0.1) is 0 Å². The largest absolute Gasteiger partial charge is 0.481 e. The van der Waals surface area contributed by atoms with Gasteiger partial charge in [0.15, 0.2) is 0 Å². The molecule has 0 saturated heterocycles. The van der Waals surface area contributed by atoms with Crippen molar-refractivity contribution in [1.29, 1.82) is 0 Å². The molecule has 0 spiro atoms. The summed E-state index contributed by atoms with van der Waals surface area (Å²) in [6.45, 7) is 4.57. The lowest BCUT2D eigenvalue weighted by Crippen LogP contribution is -1.95. The molecule has 0 amide bonds. The van der Waals surface area contributed by atoms with E-state index in [2.05, 4.69) is 13.8 Å². The van der Waals surface area contributed by atoms with Crippen molar-refractivity contribution in [2.24, 2.45) is 11.3 Å². The Kier molecular flexibility index (Phi) is 2.76. The lowest BCUT2D eigenvalue weighted by Gasteiger charge is -2.01. The molecule has 0 aromatic rings. The number of hydrogen-bond acceptors (Lipinski definition) is 1. The van der Waals surface area contributed by atoms with E-state index in [9.17, 15) is 4.79 Å². The van der Waals surface area contributed by atoms with Gasteiger partial charge in [0.25, 0.3) is 0 Å². The summed E-state index contributed by atoms with van der Waals surface area (Å²) in [5.74, 6) is 0.205. The Hall–Kier alpha value is -0.530. The maximum absolute atomic E-state index is 10.2. The summed E-state index contributed by atoms with van der Waals surface area (Å²) >= 11 is 0. The fraction of sp³-hybridized carbons (Fsp3) is 0.900. The molecule has 1 N–H and O–H groups in total. The van der Waals surface area contributed by atoms with Crippen LogP contribution in [0.25, 0.3) is 0 Å². The molecule has 0 aromatic carbocycles. The molecule has 1 unspecified atom stereocenters. The van der Waals surface area contributed by atoms with Crippen molar-refractivity contribution < 1.29 is 9.90 Å². The fourth-order valence-electron chi connectivity index (χ4n) is 1.74. The van der Waals surface area contributed by atoms with Gasteiger partial charge in [-0.05, 0) is 30.6 Å². The number of carboxylic acids is 1. The smallest absolute Gasteiger partial charge is 0.303 e. The van der Waals surface area contributed by atoms with Gasteiger partial charge in [-0.3, -0.25) is 4.79 Å². The van der Waals surface area contributed by atoms with Gasteiger partial charge in [0.1, 0.15) is 0 Å². The van der Waals surface area contributed by atoms with Gasteiger partial charge < -0.3 is 5.11 Å². The van der Waals surface area contributed by atoms with Crippen LogP contribution in [0.3, 0.4) is 0 Å². The molecule has 1 rings (SSSR count). The second kappa shape index (κ2) is 3.46. The van der Waals surface area contributed by atoms with Crippen LogP contribution in [-0.4, -0.2) is 11.1 Å². The average molecular weight is 170 g/mol. The van der Waals surface area contributed by atoms with Crippen LogP contribution in [0.5, 0.6) is 0 Å². The third-order valence-corrected chi connectivity index (χ3v) is 2.91. The third kappa shape index (κ3) is 2.84. The molecule has 2 nitrogen and oxygen atoms in total. The van der Waals surface area contributed by atoms with Gasteiger partial charge in [-0.25, -0.2) is 0 Å². The summed E-state index contributed by atoms with van der Waals surface area (Å²) in [6, 6.07) is 0. The Morgan fingerprint density at radius 1 is 1.50 bits per heavy atom. The molecule has 0 aromatic heterocycles. The van der Waals surface area contributed by atoms with E-state index in [-0.39, 0.29) is 0 Å². The first-order valence-corrected chi connectivity index (χ1v) is 4.74. The summed E-state index contributed by atoms with van der Waals surface area (Å²) in [5.41, 5.74) is 0.559. The van der Waals surface area contributed by atoms with Gasteiger partial charge in [-0.1, -0.05) is 20.3 Å². The quantitative estimate of drug-likeness (QED) is 0.644. The van der Waals surface area contributed by atoms with E-state index in [4.69, 9.17) is 5.11 Å². The Bertz CT molecular complexity index is 173. The second-order valence-corrected chi connectivity index (χ2v) is 4.53. The zero-order valence-electron chi connectivity index (χ0n) is 7.97. The topological polar surface area (TPSA) is 37.3 Å². The first kappa shape index (κ1) is 9.56. The highest BCUT2D eigenvalue weighted by atomic mass is 16.4. The predicted molar refractivity (Wildman–Crippen MR) is 48.0 cm³/mol. The van der Waals surface area contributed by atoms with Gasteiger partial charge >= 0.3 is 5.97 Å². The Morgan fingerprint density at radius 2 is 2.08 bits per heavy atom. The molecular weight excluding hydrogens is 152 g/mol. The maximum atomic E-state index is 10.2. The molecule has 1 aliphatic carbocycles. The SMILES string of the molecule is CC1(C)CC1CCCCC(=O)O. The van der Waals surface area contributed by atoms with Crippen molar-refractivity contribution in [1.82, 2.24) is 0 Å². The van der Waals surface area contributed by atoms with E-state index in [1.165, 1.54) is 12.8 Å². The van der Waals surface area contributed by atoms with Gasteiger partial charge in [0, 0.05) is 6.42 Å². The Morgan fingerprint density at radius 3 is 2.50 bits per heavy atom. The lowest BCUT2D eigenvalue weighted by atomic mass is 10.0. The number of hydrogen-bond donors (Lipinski definition) is 1. The van der Waals surface area contributed by atoms with Gasteiger partial charge in [0.2, 0.25) is 0 Å². The molecule has 1 saturated carbocycles. The van der Waals surface area contributed by atoms with Gasteiger partial charge in [-0.15, -0.1) is 0 Å². The minimum absolute atomic E-state index is 0.340. The van der Waals surface area contributed by atoms with Crippen LogP contribution in [-0.2, 0) is 4.79 Å². The van der Waals surface area contributed by atoms with E-state index >= 15 is 0 Å². The Labute approximate surface area is 74.0 Å². The highest BCUT2D eigenvalue weighted by Gasteiger charge is 2.44. The van der Waals surface area contributed by atoms with E-state index in [1.807, 2.05) is 0 Å². The standard InChI is InChI=1S/C10H18O2/c1-10(2)7-8(10)5-3-4-6-9(11)12/h8H,3-7H2,1-2H3,(H,11,12). The number of unbranched alkanes of at least 4 members (excludes halogenated alkanes) is 1. The average Bonchev–Trinajstić information content (AvgIpc) is 2.51.